The van der Waals surface area contributed by atoms with Gasteiger partial charge in [0, 0.05) is 46.2 Å². The third kappa shape index (κ3) is 4.85. The van der Waals surface area contributed by atoms with Crippen LogP contribution in [0.5, 0.6) is 0 Å². The molecule has 0 aliphatic carbocycles. The van der Waals surface area contributed by atoms with Crippen molar-refractivity contribution in [2.75, 3.05) is 53.4 Å². The van der Waals surface area contributed by atoms with Crippen molar-refractivity contribution >= 4 is 17.7 Å². The summed E-state index contributed by atoms with van der Waals surface area (Å²) < 4.78 is 0. The molecule has 7 nitrogen and oxygen atoms in total. The summed E-state index contributed by atoms with van der Waals surface area (Å²) in [6.07, 6.45) is 5.62. The maximum Gasteiger partial charge on any atom is 0.239 e. The molecule has 0 bridgehead atoms. The molecule has 3 heterocycles. The molecule has 2 atom stereocenters. The van der Waals surface area contributed by atoms with Crippen LogP contribution in [0, 0.1) is 11.8 Å². The van der Waals surface area contributed by atoms with E-state index in [1.54, 1.807) is 19.0 Å². The van der Waals surface area contributed by atoms with Gasteiger partial charge in [-0.25, -0.2) is 0 Å². The topological polar surface area (TPSA) is 64.2 Å². The second-order valence-corrected chi connectivity index (χ2v) is 9.05. The van der Waals surface area contributed by atoms with Crippen LogP contribution in [0.15, 0.2) is 0 Å². The number of carbonyl (C=O) groups excluding carboxylic acids is 3. The van der Waals surface area contributed by atoms with Crippen molar-refractivity contribution in [3.05, 3.63) is 0 Å². The number of piperidine rings is 2. The van der Waals surface area contributed by atoms with Gasteiger partial charge >= 0.3 is 0 Å². The van der Waals surface area contributed by atoms with Crippen LogP contribution in [0.25, 0.3) is 0 Å². The molecule has 2 unspecified atom stereocenters. The van der Waals surface area contributed by atoms with E-state index in [1.165, 1.54) is 6.42 Å². The average molecular weight is 393 g/mol. The van der Waals surface area contributed by atoms with Crippen LogP contribution in [0.1, 0.15) is 45.4 Å². The van der Waals surface area contributed by atoms with Crippen LogP contribution < -0.4 is 0 Å². The zero-order valence-corrected chi connectivity index (χ0v) is 17.7. The van der Waals surface area contributed by atoms with E-state index in [0.29, 0.717) is 25.6 Å². The Balaban J connectivity index is 1.47. The third-order valence-electron chi connectivity index (χ3n) is 6.59. The molecule has 0 aromatic rings. The molecule has 0 aromatic heterocycles. The Labute approximate surface area is 169 Å². The largest absolute Gasteiger partial charge is 0.347 e. The molecule has 3 aliphatic rings. The molecule has 28 heavy (non-hydrogen) atoms. The van der Waals surface area contributed by atoms with Crippen molar-refractivity contribution in [2.24, 2.45) is 11.8 Å². The predicted molar refractivity (Wildman–Crippen MR) is 108 cm³/mol. The SMILES string of the molecule is CC1CCCN(C(=O)C2CCN(C(=O)CN3CCCC3C(=O)N(C)C)CC2)C1. The molecule has 0 aromatic carbocycles. The molecular weight excluding hydrogens is 356 g/mol. The van der Waals surface area contributed by atoms with Crippen molar-refractivity contribution in [3.8, 4) is 0 Å². The normalized spacial score (nSPS) is 27.1. The molecule has 0 saturated carbocycles. The first-order valence-corrected chi connectivity index (χ1v) is 10.9. The summed E-state index contributed by atoms with van der Waals surface area (Å²) in [5, 5.41) is 0. The average Bonchev–Trinajstić information content (AvgIpc) is 3.14. The maximum absolute atomic E-state index is 12.8. The summed E-state index contributed by atoms with van der Waals surface area (Å²) in [4.78, 5) is 45.5. The van der Waals surface area contributed by atoms with Crippen molar-refractivity contribution in [1.82, 2.24) is 19.6 Å². The lowest BCUT2D eigenvalue weighted by atomic mass is 9.92. The van der Waals surface area contributed by atoms with Gasteiger partial charge in [0.25, 0.3) is 0 Å². The van der Waals surface area contributed by atoms with Crippen LogP contribution in [0.2, 0.25) is 0 Å². The Hall–Kier alpha value is -1.63. The van der Waals surface area contributed by atoms with Crippen molar-refractivity contribution < 1.29 is 14.4 Å². The van der Waals surface area contributed by atoms with E-state index in [0.717, 1.165) is 51.7 Å². The van der Waals surface area contributed by atoms with Crippen molar-refractivity contribution in [1.29, 1.82) is 0 Å². The minimum atomic E-state index is -0.167. The van der Waals surface area contributed by atoms with Crippen LogP contribution in [-0.2, 0) is 14.4 Å². The second-order valence-electron chi connectivity index (χ2n) is 9.05. The molecule has 3 rings (SSSR count). The highest BCUT2D eigenvalue weighted by molar-refractivity contribution is 5.84. The minimum absolute atomic E-state index is 0.0594. The van der Waals surface area contributed by atoms with Gasteiger partial charge in [-0.1, -0.05) is 6.92 Å². The monoisotopic (exact) mass is 392 g/mol. The van der Waals surface area contributed by atoms with Gasteiger partial charge in [-0.2, -0.15) is 0 Å². The molecule has 3 amide bonds. The number of carbonyl (C=O) groups is 3. The number of amides is 3. The van der Waals surface area contributed by atoms with Gasteiger partial charge in [0.2, 0.25) is 17.7 Å². The number of hydrogen-bond donors (Lipinski definition) is 0. The van der Waals surface area contributed by atoms with E-state index in [4.69, 9.17) is 0 Å². The molecule has 0 spiro atoms. The zero-order chi connectivity index (χ0) is 20.3. The van der Waals surface area contributed by atoms with E-state index in [2.05, 4.69) is 6.92 Å². The van der Waals surface area contributed by atoms with Crippen LogP contribution in [-0.4, -0.2) is 96.7 Å². The Morgan fingerprint density at radius 3 is 2.21 bits per heavy atom. The van der Waals surface area contributed by atoms with Crippen LogP contribution in [0.3, 0.4) is 0 Å². The lowest BCUT2D eigenvalue weighted by Gasteiger charge is -2.37. The smallest absolute Gasteiger partial charge is 0.239 e. The van der Waals surface area contributed by atoms with E-state index < -0.39 is 0 Å². The first kappa shape index (κ1) is 21.1. The fourth-order valence-corrected chi connectivity index (χ4v) is 4.89. The van der Waals surface area contributed by atoms with Crippen LogP contribution in [0.4, 0.5) is 0 Å². The summed E-state index contributed by atoms with van der Waals surface area (Å²) in [6, 6.07) is -0.167. The number of hydrogen-bond acceptors (Lipinski definition) is 4. The number of rotatable bonds is 4. The fourth-order valence-electron chi connectivity index (χ4n) is 4.89. The Morgan fingerprint density at radius 1 is 0.893 bits per heavy atom. The maximum atomic E-state index is 12.8. The molecule has 7 heteroatoms. The van der Waals surface area contributed by atoms with E-state index in [9.17, 15) is 14.4 Å². The molecular formula is C21H36N4O3. The Bertz CT molecular complexity index is 586. The zero-order valence-electron chi connectivity index (χ0n) is 17.7. The van der Waals surface area contributed by atoms with Gasteiger partial charge in [-0.15, -0.1) is 0 Å². The summed E-state index contributed by atoms with van der Waals surface area (Å²) in [5.74, 6) is 1.12. The summed E-state index contributed by atoms with van der Waals surface area (Å²) in [5.41, 5.74) is 0. The van der Waals surface area contributed by atoms with Crippen LogP contribution >= 0.6 is 0 Å². The summed E-state index contributed by atoms with van der Waals surface area (Å²) in [6.45, 7) is 6.41. The Kier molecular flexibility index (Phi) is 6.96. The second kappa shape index (κ2) is 9.25. The number of likely N-dealkylation sites (tertiary alicyclic amines) is 3. The summed E-state index contributed by atoms with van der Waals surface area (Å²) >= 11 is 0. The molecule has 158 valence electrons. The standard InChI is InChI=1S/C21H36N4O3/c1-16-6-4-11-25(14-16)20(27)17-8-12-23(13-9-17)19(26)15-24-10-5-7-18(24)21(28)22(2)3/h16-18H,4-15H2,1-3H3. The molecule has 0 N–H and O–H groups in total. The number of nitrogens with zero attached hydrogens (tertiary/aromatic N) is 4. The molecule has 3 aliphatic heterocycles. The number of likely N-dealkylation sites (N-methyl/N-ethyl adjacent to an activating group) is 1. The quantitative estimate of drug-likeness (QED) is 0.717. The molecule has 3 saturated heterocycles. The Morgan fingerprint density at radius 2 is 1.57 bits per heavy atom. The molecule has 0 radical (unpaired) electrons. The van der Waals surface area contributed by atoms with Gasteiger partial charge in [0.1, 0.15) is 0 Å². The van der Waals surface area contributed by atoms with Gasteiger partial charge in [-0.05, 0) is 51.0 Å². The van der Waals surface area contributed by atoms with E-state index in [-0.39, 0.29) is 29.7 Å². The van der Waals surface area contributed by atoms with E-state index in [1.807, 2.05) is 14.7 Å². The highest BCUT2D eigenvalue weighted by atomic mass is 16.2. The predicted octanol–water partition coefficient (Wildman–Crippen LogP) is 1.04. The first-order valence-electron chi connectivity index (χ1n) is 10.9. The van der Waals surface area contributed by atoms with Crippen molar-refractivity contribution in [2.45, 2.75) is 51.5 Å². The first-order chi connectivity index (χ1) is 13.4. The molecule has 3 fully saturated rings. The van der Waals surface area contributed by atoms with E-state index >= 15 is 0 Å². The summed E-state index contributed by atoms with van der Waals surface area (Å²) in [7, 11) is 3.54. The van der Waals surface area contributed by atoms with Gasteiger partial charge in [0.05, 0.1) is 12.6 Å². The minimum Gasteiger partial charge on any atom is -0.347 e. The van der Waals surface area contributed by atoms with Gasteiger partial charge in [-0.3, -0.25) is 19.3 Å². The highest BCUT2D eigenvalue weighted by Crippen LogP contribution is 2.24. The third-order valence-corrected chi connectivity index (χ3v) is 6.59. The van der Waals surface area contributed by atoms with Crippen molar-refractivity contribution in [3.63, 3.8) is 0 Å². The fraction of sp³-hybridized carbons (Fsp3) is 0.857. The lowest BCUT2D eigenvalue weighted by molar-refractivity contribution is -0.143. The lowest BCUT2D eigenvalue weighted by Crippen LogP contribution is -2.50. The van der Waals surface area contributed by atoms with Gasteiger partial charge < -0.3 is 14.7 Å². The highest BCUT2D eigenvalue weighted by Gasteiger charge is 2.35. The van der Waals surface area contributed by atoms with Gasteiger partial charge in [0.15, 0.2) is 0 Å².